The summed E-state index contributed by atoms with van der Waals surface area (Å²) in [6.45, 7) is 6.78. The van der Waals surface area contributed by atoms with Crippen molar-refractivity contribution in [1.82, 2.24) is 4.90 Å². The third kappa shape index (κ3) is 6.95. The van der Waals surface area contributed by atoms with Gasteiger partial charge in [0.1, 0.15) is 0 Å². The van der Waals surface area contributed by atoms with E-state index in [9.17, 15) is 27.9 Å². The van der Waals surface area contributed by atoms with Crippen LogP contribution in [-0.4, -0.2) is 42.1 Å². The van der Waals surface area contributed by atoms with Gasteiger partial charge in [-0.15, -0.1) is 0 Å². The standard InChI is InChI=1S/C30H38F3NO4/c1-5-6-25(28(36)38-4)26(19-20(2)3)27(35)34-17-15-29(37,16-18-34)23-11-7-21(8-12-23)22-9-13-24(14-10-22)30(31,32)33/h7-14,20,25-26,37H,5-6,15-19H2,1-4H3/t25-,26+/m0/s1. The molecule has 8 heteroatoms. The van der Waals surface area contributed by atoms with Crippen molar-refractivity contribution >= 4 is 11.9 Å². The Labute approximate surface area is 223 Å². The van der Waals surface area contributed by atoms with E-state index in [0.717, 1.165) is 24.1 Å². The lowest BCUT2D eigenvalue weighted by Crippen LogP contribution is -2.49. The van der Waals surface area contributed by atoms with Gasteiger partial charge in [0.25, 0.3) is 0 Å². The van der Waals surface area contributed by atoms with Crippen LogP contribution in [-0.2, 0) is 26.1 Å². The second-order valence-electron chi connectivity index (χ2n) is 10.7. The minimum atomic E-state index is -4.38. The normalized spacial score (nSPS) is 17.2. The van der Waals surface area contributed by atoms with Crippen LogP contribution in [0.2, 0.25) is 0 Å². The van der Waals surface area contributed by atoms with Gasteiger partial charge in [-0.3, -0.25) is 9.59 Å². The van der Waals surface area contributed by atoms with Crippen molar-refractivity contribution in [2.24, 2.45) is 17.8 Å². The highest BCUT2D eigenvalue weighted by Gasteiger charge is 2.41. The van der Waals surface area contributed by atoms with Crippen molar-refractivity contribution in [3.8, 4) is 11.1 Å². The summed E-state index contributed by atoms with van der Waals surface area (Å²) in [6.07, 6.45) is -1.74. The van der Waals surface area contributed by atoms with Gasteiger partial charge < -0.3 is 14.7 Å². The first-order chi connectivity index (χ1) is 17.9. The molecule has 1 aliphatic heterocycles. The summed E-state index contributed by atoms with van der Waals surface area (Å²) >= 11 is 0. The number of amides is 1. The number of methoxy groups -OCH3 is 1. The molecule has 5 nitrogen and oxygen atoms in total. The lowest BCUT2D eigenvalue weighted by molar-refractivity contribution is -0.155. The molecule has 38 heavy (non-hydrogen) atoms. The van der Waals surface area contributed by atoms with Gasteiger partial charge in [-0.1, -0.05) is 63.6 Å². The van der Waals surface area contributed by atoms with Crippen LogP contribution in [0.4, 0.5) is 13.2 Å². The zero-order valence-corrected chi connectivity index (χ0v) is 22.6. The van der Waals surface area contributed by atoms with Gasteiger partial charge >= 0.3 is 12.1 Å². The number of piperidine rings is 1. The van der Waals surface area contributed by atoms with Gasteiger partial charge in [0.05, 0.1) is 30.1 Å². The quantitative estimate of drug-likeness (QED) is 0.377. The largest absolute Gasteiger partial charge is 0.469 e. The van der Waals surface area contributed by atoms with Crippen LogP contribution >= 0.6 is 0 Å². The molecule has 1 amide bonds. The average Bonchev–Trinajstić information content (AvgIpc) is 2.90. The molecule has 0 aromatic heterocycles. The van der Waals surface area contributed by atoms with E-state index in [-0.39, 0.29) is 17.8 Å². The van der Waals surface area contributed by atoms with Gasteiger partial charge in [0, 0.05) is 13.1 Å². The monoisotopic (exact) mass is 533 g/mol. The minimum Gasteiger partial charge on any atom is -0.469 e. The zero-order chi connectivity index (χ0) is 28.1. The van der Waals surface area contributed by atoms with Gasteiger partial charge in [0.15, 0.2) is 0 Å². The number of ether oxygens (including phenoxy) is 1. The number of esters is 1. The smallest absolute Gasteiger partial charge is 0.416 e. The molecular weight excluding hydrogens is 495 g/mol. The fourth-order valence-corrected chi connectivity index (χ4v) is 5.34. The molecule has 0 spiro atoms. The van der Waals surface area contributed by atoms with E-state index < -0.39 is 29.2 Å². The highest BCUT2D eigenvalue weighted by Crippen LogP contribution is 2.37. The molecule has 1 N–H and O–H groups in total. The molecule has 2 atom stereocenters. The molecule has 0 saturated carbocycles. The number of carbonyl (C=O) groups is 2. The predicted molar refractivity (Wildman–Crippen MR) is 140 cm³/mol. The molecule has 1 fully saturated rings. The Morgan fingerprint density at radius 1 is 0.974 bits per heavy atom. The summed E-state index contributed by atoms with van der Waals surface area (Å²) in [7, 11) is 1.35. The molecule has 2 aromatic rings. The maximum absolute atomic E-state index is 13.6. The summed E-state index contributed by atoms with van der Waals surface area (Å²) in [5.74, 6) is -1.14. The number of nitrogens with zero attached hydrogens (tertiary/aromatic N) is 1. The Kier molecular flexibility index (Phi) is 9.63. The first kappa shape index (κ1) is 29.7. The van der Waals surface area contributed by atoms with Crippen molar-refractivity contribution in [1.29, 1.82) is 0 Å². The lowest BCUT2D eigenvalue weighted by atomic mass is 9.80. The number of likely N-dealkylation sites (tertiary alicyclic amines) is 1. The highest BCUT2D eigenvalue weighted by molar-refractivity contribution is 5.85. The van der Waals surface area contributed by atoms with Crippen molar-refractivity contribution < 1.29 is 32.6 Å². The first-order valence-electron chi connectivity index (χ1n) is 13.3. The van der Waals surface area contributed by atoms with E-state index in [0.29, 0.717) is 49.9 Å². The number of rotatable bonds is 9. The molecule has 3 rings (SSSR count). The molecule has 1 aliphatic rings. The van der Waals surface area contributed by atoms with Crippen LogP contribution < -0.4 is 0 Å². The Morgan fingerprint density at radius 2 is 1.50 bits per heavy atom. The molecular formula is C30H38F3NO4. The molecule has 1 heterocycles. The van der Waals surface area contributed by atoms with Crippen LogP contribution in [0.5, 0.6) is 0 Å². The maximum Gasteiger partial charge on any atom is 0.416 e. The van der Waals surface area contributed by atoms with Crippen LogP contribution in [0.15, 0.2) is 48.5 Å². The summed E-state index contributed by atoms with van der Waals surface area (Å²) in [5, 5.41) is 11.4. The molecule has 0 unspecified atom stereocenters. The number of hydrogen-bond donors (Lipinski definition) is 1. The second kappa shape index (κ2) is 12.3. The van der Waals surface area contributed by atoms with E-state index >= 15 is 0 Å². The fourth-order valence-electron chi connectivity index (χ4n) is 5.34. The van der Waals surface area contributed by atoms with E-state index in [4.69, 9.17) is 4.74 Å². The van der Waals surface area contributed by atoms with Gasteiger partial charge in [-0.25, -0.2) is 0 Å². The van der Waals surface area contributed by atoms with Crippen LogP contribution in [0.3, 0.4) is 0 Å². The number of halogens is 3. The fraction of sp³-hybridized carbons (Fsp3) is 0.533. The highest BCUT2D eigenvalue weighted by atomic mass is 19.4. The molecule has 1 saturated heterocycles. The van der Waals surface area contributed by atoms with Crippen molar-refractivity contribution in [2.45, 2.75) is 64.7 Å². The van der Waals surface area contributed by atoms with E-state index in [1.54, 1.807) is 29.2 Å². The Balaban J connectivity index is 1.70. The topological polar surface area (TPSA) is 66.8 Å². The predicted octanol–water partition coefficient (Wildman–Crippen LogP) is 6.43. The molecule has 0 aliphatic carbocycles. The van der Waals surface area contributed by atoms with Gasteiger partial charge in [-0.2, -0.15) is 13.2 Å². The Morgan fingerprint density at radius 3 is 1.95 bits per heavy atom. The van der Waals surface area contributed by atoms with Crippen LogP contribution in [0.25, 0.3) is 11.1 Å². The number of alkyl halides is 3. The van der Waals surface area contributed by atoms with Crippen LogP contribution in [0, 0.1) is 17.8 Å². The summed E-state index contributed by atoms with van der Waals surface area (Å²) in [5.41, 5.74) is 0.295. The van der Waals surface area contributed by atoms with Gasteiger partial charge in [0.2, 0.25) is 5.91 Å². The second-order valence-corrected chi connectivity index (χ2v) is 10.7. The van der Waals surface area contributed by atoms with Gasteiger partial charge in [-0.05, 0) is 60.4 Å². The van der Waals surface area contributed by atoms with E-state index in [1.165, 1.54) is 19.2 Å². The molecule has 2 aromatic carbocycles. The summed E-state index contributed by atoms with van der Waals surface area (Å²) in [6, 6.07) is 12.1. The van der Waals surface area contributed by atoms with E-state index in [1.807, 2.05) is 20.8 Å². The Bertz CT molecular complexity index is 1070. The number of aliphatic hydroxyl groups is 1. The molecule has 0 bridgehead atoms. The summed E-state index contributed by atoms with van der Waals surface area (Å²) < 4.78 is 43.6. The number of carbonyl (C=O) groups excluding carboxylic acids is 2. The third-order valence-electron chi connectivity index (χ3n) is 7.50. The molecule has 0 radical (unpaired) electrons. The van der Waals surface area contributed by atoms with Crippen molar-refractivity contribution in [2.75, 3.05) is 20.2 Å². The SMILES string of the molecule is CCC[C@H](C(=O)OC)[C@@H](CC(C)C)C(=O)N1CCC(O)(c2ccc(-c3ccc(C(F)(F)F)cc3)cc2)CC1. The third-order valence-corrected chi connectivity index (χ3v) is 7.50. The van der Waals surface area contributed by atoms with E-state index in [2.05, 4.69) is 0 Å². The minimum absolute atomic E-state index is 0.0674. The summed E-state index contributed by atoms with van der Waals surface area (Å²) in [4.78, 5) is 27.8. The Hall–Kier alpha value is -2.87. The van der Waals surface area contributed by atoms with Crippen molar-refractivity contribution in [3.63, 3.8) is 0 Å². The van der Waals surface area contributed by atoms with Crippen LogP contribution in [0.1, 0.15) is 64.0 Å². The molecule has 208 valence electrons. The zero-order valence-electron chi connectivity index (χ0n) is 22.6. The van der Waals surface area contributed by atoms with Crippen molar-refractivity contribution in [3.05, 3.63) is 59.7 Å². The lowest BCUT2D eigenvalue weighted by Gasteiger charge is -2.40. The maximum atomic E-state index is 13.6. The number of benzene rings is 2. The average molecular weight is 534 g/mol. The number of hydrogen-bond acceptors (Lipinski definition) is 4. The first-order valence-corrected chi connectivity index (χ1v) is 13.3.